The lowest BCUT2D eigenvalue weighted by Crippen LogP contribution is -2.49. The predicted octanol–water partition coefficient (Wildman–Crippen LogP) is 5.85. The number of ether oxygens (including phenoxy) is 1. The van der Waals surface area contributed by atoms with Gasteiger partial charge >= 0.3 is 0 Å². The van der Waals surface area contributed by atoms with E-state index in [9.17, 15) is 9.59 Å². The van der Waals surface area contributed by atoms with Gasteiger partial charge in [0, 0.05) is 44.3 Å². The molecule has 1 aromatic heterocycles. The number of carbonyl (C=O) groups excluding carboxylic acids is 2. The highest BCUT2D eigenvalue weighted by Crippen LogP contribution is 2.39. The standard InChI is InChI=1S/C27H25NO3S/c29-23(25-7-4-18-32-25)9-11-26(30)28-16-14-27(15-17-28)13-12-22-19-21(8-10-24(22)31-27)20-5-2-1-3-6-20/h1-8,10,12-13,18-19H,9,11,14-17H2. The average Bonchev–Trinajstić information content (AvgIpc) is 3.38. The second-order valence-electron chi connectivity index (χ2n) is 8.40. The Kier molecular flexibility index (Phi) is 5.66. The first kappa shape index (κ1) is 20.7. The fraction of sp³-hybridized carbons (Fsp3) is 0.259. The van der Waals surface area contributed by atoms with Gasteiger partial charge in [0.05, 0.1) is 4.88 Å². The number of fused-ring (bicyclic) bond motifs is 1. The topological polar surface area (TPSA) is 46.6 Å². The minimum Gasteiger partial charge on any atom is -0.482 e. The zero-order valence-electron chi connectivity index (χ0n) is 17.8. The molecule has 1 amide bonds. The first-order chi connectivity index (χ1) is 15.6. The van der Waals surface area contributed by atoms with E-state index in [-0.39, 0.29) is 30.1 Å². The number of amides is 1. The van der Waals surface area contributed by atoms with Crippen molar-refractivity contribution in [3.63, 3.8) is 0 Å². The molecule has 1 fully saturated rings. The number of ketones is 1. The minimum absolute atomic E-state index is 0.0480. The van der Waals surface area contributed by atoms with Gasteiger partial charge in [-0.1, -0.05) is 48.5 Å². The van der Waals surface area contributed by atoms with Gasteiger partial charge in [-0.05, 0) is 40.8 Å². The maximum absolute atomic E-state index is 12.6. The molecule has 5 heteroatoms. The average molecular weight is 444 g/mol. The van der Waals surface area contributed by atoms with Crippen LogP contribution in [0.3, 0.4) is 0 Å². The molecular weight excluding hydrogens is 418 g/mol. The molecule has 5 rings (SSSR count). The van der Waals surface area contributed by atoms with E-state index in [2.05, 4.69) is 42.5 Å². The van der Waals surface area contributed by atoms with Crippen molar-refractivity contribution in [2.75, 3.05) is 13.1 Å². The lowest BCUT2D eigenvalue weighted by atomic mass is 9.87. The molecule has 0 atom stereocenters. The van der Waals surface area contributed by atoms with E-state index in [1.54, 1.807) is 0 Å². The van der Waals surface area contributed by atoms with Gasteiger partial charge < -0.3 is 9.64 Å². The van der Waals surface area contributed by atoms with E-state index in [0.29, 0.717) is 13.1 Å². The molecule has 32 heavy (non-hydrogen) atoms. The largest absolute Gasteiger partial charge is 0.482 e. The van der Waals surface area contributed by atoms with Gasteiger partial charge in [0.25, 0.3) is 0 Å². The predicted molar refractivity (Wildman–Crippen MR) is 128 cm³/mol. The molecule has 2 aromatic carbocycles. The van der Waals surface area contributed by atoms with Crippen molar-refractivity contribution in [3.8, 4) is 16.9 Å². The summed E-state index contributed by atoms with van der Waals surface area (Å²) < 4.78 is 6.45. The monoisotopic (exact) mass is 443 g/mol. The number of hydrogen-bond acceptors (Lipinski definition) is 4. The van der Waals surface area contributed by atoms with Gasteiger partial charge in [0.1, 0.15) is 11.4 Å². The van der Waals surface area contributed by atoms with E-state index in [4.69, 9.17) is 4.74 Å². The summed E-state index contributed by atoms with van der Waals surface area (Å²) in [4.78, 5) is 27.4. The molecule has 2 aliphatic rings. The highest BCUT2D eigenvalue weighted by atomic mass is 32.1. The summed E-state index contributed by atoms with van der Waals surface area (Å²) >= 11 is 1.43. The van der Waals surface area contributed by atoms with E-state index in [1.165, 1.54) is 22.5 Å². The SMILES string of the molecule is O=C(CCC(=O)N1CCC2(C=Cc3cc(-c4ccccc4)ccc3O2)CC1)c1cccs1. The lowest BCUT2D eigenvalue weighted by Gasteiger charge is -2.42. The first-order valence-electron chi connectivity index (χ1n) is 11.0. The highest BCUT2D eigenvalue weighted by molar-refractivity contribution is 7.12. The molecule has 0 saturated carbocycles. The van der Waals surface area contributed by atoms with E-state index in [0.717, 1.165) is 29.0 Å². The van der Waals surface area contributed by atoms with Gasteiger partial charge in [-0.2, -0.15) is 0 Å². The number of piperidine rings is 1. The first-order valence-corrected chi connectivity index (χ1v) is 11.9. The minimum atomic E-state index is -0.356. The molecule has 0 aliphatic carbocycles. The van der Waals surface area contributed by atoms with Crippen LogP contribution in [0.25, 0.3) is 17.2 Å². The normalized spacial score (nSPS) is 16.4. The molecule has 0 radical (unpaired) electrons. The number of benzene rings is 2. The Morgan fingerprint density at radius 1 is 0.938 bits per heavy atom. The van der Waals surface area contributed by atoms with Gasteiger partial charge in [-0.15, -0.1) is 11.3 Å². The van der Waals surface area contributed by atoms with Crippen LogP contribution in [0.15, 0.2) is 72.1 Å². The van der Waals surface area contributed by atoms with E-state index in [1.807, 2.05) is 40.6 Å². The van der Waals surface area contributed by atoms with Crippen LogP contribution in [-0.2, 0) is 4.79 Å². The van der Waals surface area contributed by atoms with Crippen molar-refractivity contribution >= 4 is 29.1 Å². The Morgan fingerprint density at radius 2 is 1.75 bits per heavy atom. The summed E-state index contributed by atoms with van der Waals surface area (Å²) in [7, 11) is 0. The maximum atomic E-state index is 12.6. The number of carbonyl (C=O) groups is 2. The third kappa shape index (κ3) is 4.26. The maximum Gasteiger partial charge on any atom is 0.223 e. The molecular formula is C27H25NO3S. The van der Waals surface area contributed by atoms with Crippen LogP contribution < -0.4 is 4.74 Å². The molecule has 1 spiro atoms. The van der Waals surface area contributed by atoms with E-state index < -0.39 is 0 Å². The molecule has 0 unspecified atom stereocenters. The molecule has 3 aromatic rings. The summed E-state index contributed by atoms with van der Waals surface area (Å²) in [5, 5.41) is 1.89. The number of likely N-dealkylation sites (tertiary alicyclic amines) is 1. The zero-order valence-corrected chi connectivity index (χ0v) is 18.6. The van der Waals surface area contributed by atoms with Crippen LogP contribution in [-0.4, -0.2) is 35.3 Å². The van der Waals surface area contributed by atoms with Crippen LogP contribution in [0.5, 0.6) is 5.75 Å². The van der Waals surface area contributed by atoms with Gasteiger partial charge in [0.2, 0.25) is 5.91 Å². The van der Waals surface area contributed by atoms with Crippen molar-refractivity contribution in [3.05, 3.63) is 82.6 Å². The van der Waals surface area contributed by atoms with Crippen LogP contribution in [0.1, 0.15) is 40.9 Å². The molecule has 1 saturated heterocycles. The van der Waals surface area contributed by atoms with Crippen LogP contribution >= 0.6 is 11.3 Å². The number of hydrogen-bond donors (Lipinski definition) is 0. The van der Waals surface area contributed by atoms with Crippen LogP contribution in [0, 0.1) is 0 Å². The molecule has 0 N–H and O–H groups in total. The van der Waals surface area contributed by atoms with Crippen molar-refractivity contribution in [1.82, 2.24) is 4.90 Å². The molecule has 3 heterocycles. The summed E-state index contributed by atoms with van der Waals surface area (Å²) in [5.74, 6) is 0.998. The zero-order chi connectivity index (χ0) is 22.0. The molecule has 162 valence electrons. The van der Waals surface area contributed by atoms with Crippen molar-refractivity contribution in [1.29, 1.82) is 0 Å². The van der Waals surface area contributed by atoms with Crippen molar-refractivity contribution < 1.29 is 14.3 Å². The van der Waals surface area contributed by atoms with Crippen molar-refractivity contribution in [2.24, 2.45) is 0 Å². The second kappa shape index (κ2) is 8.75. The highest BCUT2D eigenvalue weighted by Gasteiger charge is 2.37. The number of thiophene rings is 1. The lowest BCUT2D eigenvalue weighted by molar-refractivity contribution is -0.133. The number of nitrogens with zero attached hydrogens (tertiary/aromatic N) is 1. The fourth-order valence-corrected chi connectivity index (χ4v) is 5.11. The van der Waals surface area contributed by atoms with Gasteiger partial charge in [0.15, 0.2) is 5.78 Å². The summed E-state index contributed by atoms with van der Waals surface area (Å²) in [6, 6.07) is 20.3. The fourth-order valence-electron chi connectivity index (χ4n) is 4.42. The van der Waals surface area contributed by atoms with Crippen LogP contribution in [0.4, 0.5) is 0 Å². The summed E-state index contributed by atoms with van der Waals surface area (Å²) in [6.07, 6.45) is 6.37. The van der Waals surface area contributed by atoms with Gasteiger partial charge in [-0.25, -0.2) is 0 Å². The Labute approximate surface area is 192 Å². The second-order valence-corrected chi connectivity index (χ2v) is 9.35. The summed E-state index contributed by atoms with van der Waals surface area (Å²) in [6.45, 7) is 1.29. The van der Waals surface area contributed by atoms with Crippen molar-refractivity contribution in [2.45, 2.75) is 31.3 Å². The van der Waals surface area contributed by atoms with E-state index >= 15 is 0 Å². The smallest absolute Gasteiger partial charge is 0.223 e. The third-order valence-electron chi connectivity index (χ3n) is 6.32. The number of rotatable bonds is 5. The Hall–Kier alpha value is -3.18. The van der Waals surface area contributed by atoms with Gasteiger partial charge in [-0.3, -0.25) is 9.59 Å². The van der Waals surface area contributed by atoms with Crippen LogP contribution in [0.2, 0.25) is 0 Å². The number of Topliss-reactive ketones (excluding diaryl/α,β-unsaturated/α-hetero) is 1. The molecule has 4 nitrogen and oxygen atoms in total. The Bertz CT molecular complexity index is 1140. The summed E-state index contributed by atoms with van der Waals surface area (Å²) in [5.41, 5.74) is 3.09. The molecule has 2 aliphatic heterocycles. The molecule has 0 bridgehead atoms. The quantitative estimate of drug-likeness (QED) is 0.465. The Morgan fingerprint density at radius 3 is 2.50 bits per heavy atom. The Balaban J connectivity index is 1.19. The third-order valence-corrected chi connectivity index (χ3v) is 7.23.